The highest BCUT2D eigenvalue weighted by molar-refractivity contribution is 14.1. The Bertz CT molecular complexity index is 578. The molecule has 2 heterocycles. The van der Waals surface area contributed by atoms with Gasteiger partial charge in [0.05, 0.1) is 21.1 Å². The Hall–Kier alpha value is -1.11. The zero-order chi connectivity index (χ0) is 14.0. The van der Waals surface area contributed by atoms with E-state index in [-0.39, 0.29) is 0 Å². The Labute approximate surface area is 127 Å². The maximum absolute atomic E-state index is 5.35. The molecule has 0 bridgehead atoms. The predicted molar refractivity (Wildman–Crippen MR) is 85.4 cm³/mol. The highest BCUT2D eigenvalue weighted by Gasteiger charge is 2.17. The standard InChI is InChI=1S/C14H18IN3O/c1-5-16-14-11(15)12(8(2)3)17-13(18-14)10-6-7-19-9(10)4/h6-8H,5H2,1-4H3,(H,16,17,18). The molecular weight excluding hydrogens is 353 g/mol. The second-order valence-corrected chi connectivity index (χ2v) is 5.75. The first-order chi connectivity index (χ1) is 9.04. The van der Waals surface area contributed by atoms with E-state index in [9.17, 15) is 0 Å². The highest BCUT2D eigenvalue weighted by Crippen LogP contribution is 2.29. The van der Waals surface area contributed by atoms with E-state index in [1.807, 2.05) is 13.0 Å². The number of halogens is 1. The average molecular weight is 371 g/mol. The van der Waals surface area contributed by atoms with Gasteiger partial charge in [0.2, 0.25) is 0 Å². The smallest absolute Gasteiger partial charge is 0.165 e. The van der Waals surface area contributed by atoms with Gasteiger partial charge in [0.15, 0.2) is 5.82 Å². The molecule has 5 heteroatoms. The fourth-order valence-corrected chi connectivity index (χ4v) is 2.92. The Morgan fingerprint density at radius 2 is 2.11 bits per heavy atom. The van der Waals surface area contributed by atoms with E-state index in [1.54, 1.807) is 6.26 Å². The van der Waals surface area contributed by atoms with Crippen LogP contribution in [0.2, 0.25) is 0 Å². The lowest BCUT2D eigenvalue weighted by atomic mass is 10.1. The zero-order valence-corrected chi connectivity index (χ0v) is 13.8. The summed E-state index contributed by atoms with van der Waals surface area (Å²) in [6, 6.07) is 1.91. The number of nitrogens with zero attached hydrogens (tertiary/aromatic N) is 2. The van der Waals surface area contributed by atoms with Crippen LogP contribution >= 0.6 is 22.6 Å². The quantitative estimate of drug-likeness (QED) is 0.819. The first-order valence-corrected chi connectivity index (χ1v) is 7.48. The van der Waals surface area contributed by atoms with Crippen molar-refractivity contribution in [3.8, 4) is 11.4 Å². The van der Waals surface area contributed by atoms with Crippen LogP contribution in [0.5, 0.6) is 0 Å². The van der Waals surface area contributed by atoms with Gasteiger partial charge >= 0.3 is 0 Å². The van der Waals surface area contributed by atoms with Gasteiger partial charge in [0.1, 0.15) is 11.6 Å². The van der Waals surface area contributed by atoms with Gasteiger partial charge in [-0.05, 0) is 48.4 Å². The molecule has 2 aromatic rings. The molecule has 1 N–H and O–H groups in total. The third kappa shape index (κ3) is 2.91. The topological polar surface area (TPSA) is 51.0 Å². The van der Waals surface area contributed by atoms with Crippen molar-refractivity contribution in [1.29, 1.82) is 0 Å². The molecule has 0 aliphatic heterocycles. The average Bonchev–Trinajstić information content (AvgIpc) is 2.78. The number of furan rings is 1. The van der Waals surface area contributed by atoms with Gasteiger partial charge in [0.25, 0.3) is 0 Å². The van der Waals surface area contributed by atoms with E-state index in [1.165, 1.54) is 0 Å². The summed E-state index contributed by atoms with van der Waals surface area (Å²) < 4.78 is 6.44. The minimum absolute atomic E-state index is 0.360. The molecule has 0 spiro atoms. The van der Waals surface area contributed by atoms with Crippen molar-refractivity contribution in [2.75, 3.05) is 11.9 Å². The van der Waals surface area contributed by atoms with E-state index in [0.29, 0.717) is 5.92 Å². The number of aromatic nitrogens is 2. The van der Waals surface area contributed by atoms with Crippen molar-refractivity contribution in [2.24, 2.45) is 0 Å². The maximum atomic E-state index is 5.35. The summed E-state index contributed by atoms with van der Waals surface area (Å²) in [7, 11) is 0. The van der Waals surface area contributed by atoms with Crippen molar-refractivity contribution in [3.63, 3.8) is 0 Å². The lowest BCUT2D eigenvalue weighted by molar-refractivity contribution is 0.535. The summed E-state index contributed by atoms with van der Waals surface area (Å²) >= 11 is 2.31. The number of hydrogen-bond donors (Lipinski definition) is 1. The molecule has 0 saturated carbocycles. The van der Waals surface area contributed by atoms with Crippen molar-refractivity contribution in [1.82, 2.24) is 9.97 Å². The minimum atomic E-state index is 0.360. The molecular formula is C14H18IN3O. The Morgan fingerprint density at radius 3 is 2.63 bits per heavy atom. The molecule has 0 fully saturated rings. The van der Waals surface area contributed by atoms with Gasteiger partial charge in [-0.1, -0.05) is 13.8 Å². The lowest BCUT2D eigenvalue weighted by Gasteiger charge is -2.14. The summed E-state index contributed by atoms with van der Waals surface area (Å²) in [5.41, 5.74) is 2.03. The van der Waals surface area contributed by atoms with Crippen molar-refractivity contribution >= 4 is 28.4 Å². The molecule has 2 rings (SSSR count). The molecule has 4 nitrogen and oxygen atoms in total. The predicted octanol–water partition coefficient (Wildman–Crippen LogP) is 4.20. The summed E-state index contributed by atoms with van der Waals surface area (Å²) in [6.45, 7) is 9.13. The monoisotopic (exact) mass is 371 g/mol. The number of rotatable bonds is 4. The Balaban J connectivity index is 2.59. The summed E-state index contributed by atoms with van der Waals surface area (Å²) in [5.74, 6) is 2.83. The van der Waals surface area contributed by atoms with Crippen LogP contribution in [0.4, 0.5) is 5.82 Å². The molecule has 102 valence electrons. The molecule has 0 aliphatic rings. The fourth-order valence-electron chi connectivity index (χ4n) is 1.87. The van der Waals surface area contributed by atoms with Crippen LogP contribution in [0.3, 0.4) is 0 Å². The SMILES string of the molecule is CCNc1nc(-c2ccoc2C)nc(C(C)C)c1I. The lowest BCUT2D eigenvalue weighted by Crippen LogP contribution is -2.09. The second kappa shape index (κ2) is 5.90. The number of nitrogens with one attached hydrogen (secondary N) is 1. The van der Waals surface area contributed by atoms with Crippen LogP contribution < -0.4 is 5.32 Å². The third-order valence-electron chi connectivity index (χ3n) is 2.87. The van der Waals surface area contributed by atoms with Gasteiger partial charge in [-0.15, -0.1) is 0 Å². The highest BCUT2D eigenvalue weighted by atomic mass is 127. The number of aryl methyl sites for hydroxylation is 1. The Morgan fingerprint density at radius 1 is 1.37 bits per heavy atom. The van der Waals surface area contributed by atoms with E-state index in [2.05, 4.69) is 53.7 Å². The van der Waals surface area contributed by atoms with Crippen LogP contribution in [0.25, 0.3) is 11.4 Å². The molecule has 0 amide bonds. The van der Waals surface area contributed by atoms with Crippen molar-refractivity contribution in [2.45, 2.75) is 33.6 Å². The van der Waals surface area contributed by atoms with E-state index in [0.717, 1.165) is 38.8 Å². The molecule has 2 aromatic heterocycles. The van der Waals surface area contributed by atoms with E-state index in [4.69, 9.17) is 9.40 Å². The van der Waals surface area contributed by atoms with E-state index >= 15 is 0 Å². The fraction of sp³-hybridized carbons (Fsp3) is 0.429. The molecule has 19 heavy (non-hydrogen) atoms. The van der Waals surface area contributed by atoms with E-state index < -0.39 is 0 Å². The van der Waals surface area contributed by atoms with Crippen LogP contribution in [0.15, 0.2) is 16.7 Å². The van der Waals surface area contributed by atoms with Gasteiger partial charge in [-0.2, -0.15) is 0 Å². The summed E-state index contributed by atoms with van der Waals surface area (Å²) in [4.78, 5) is 9.32. The van der Waals surface area contributed by atoms with Gasteiger partial charge < -0.3 is 9.73 Å². The van der Waals surface area contributed by atoms with Gasteiger partial charge in [-0.3, -0.25) is 0 Å². The molecule has 0 aromatic carbocycles. The molecule has 0 saturated heterocycles. The first kappa shape index (κ1) is 14.3. The molecule has 0 unspecified atom stereocenters. The van der Waals surface area contributed by atoms with Crippen molar-refractivity contribution in [3.05, 3.63) is 27.4 Å². The maximum Gasteiger partial charge on any atom is 0.165 e. The zero-order valence-electron chi connectivity index (χ0n) is 11.6. The number of hydrogen-bond acceptors (Lipinski definition) is 4. The first-order valence-electron chi connectivity index (χ1n) is 6.40. The largest absolute Gasteiger partial charge is 0.469 e. The second-order valence-electron chi connectivity index (χ2n) is 4.67. The summed E-state index contributed by atoms with van der Waals surface area (Å²) in [6.07, 6.45) is 1.67. The Kier molecular flexibility index (Phi) is 4.44. The number of anilines is 1. The van der Waals surface area contributed by atoms with Gasteiger partial charge in [0, 0.05) is 6.54 Å². The molecule has 0 aliphatic carbocycles. The van der Waals surface area contributed by atoms with Crippen LogP contribution in [0, 0.1) is 10.5 Å². The minimum Gasteiger partial charge on any atom is -0.469 e. The summed E-state index contributed by atoms with van der Waals surface area (Å²) in [5, 5.41) is 3.30. The van der Waals surface area contributed by atoms with Crippen LogP contribution in [-0.2, 0) is 0 Å². The van der Waals surface area contributed by atoms with Crippen molar-refractivity contribution < 1.29 is 4.42 Å². The van der Waals surface area contributed by atoms with Gasteiger partial charge in [-0.25, -0.2) is 9.97 Å². The molecule has 0 atom stereocenters. The normalized spacial score (nSPS) is 11.1. The third-order valence-corrected chi connectivity index (χ3v) is 3.93. The molecule has 0 radical (unpaired) electrons. The van der Waals surface area contributed by atoms with Crippen LogP contribution in [0.1, 0.15) is 38.1 Å². The van der Waals surface area contributed by atoms with Crippen LogP contribution in [-0.4, -0.2) is 16.5 Å².